The van der Waals surface area contributed by atoms with Gasteiger partial charge in [0.25, 0.3) is 0 Å². The minimum Gasteiger partial charge on any atom is -0.382 e. The molecule has 5 heterocycles. The molecule has 8 heteroatoms. The van der Waals surface area contributed by atoms with E-state index in [0.717, 1.165) is 40.1 Å². The molecule has 0 saturated heterocycles. The highest BCUT2D eigenvalue weighted by atomic mass is 16.3. The summed E-state index contributed by atoms with van der Waals surface area (Å²) < 4.78 is 1.90. The highest BCUT2D eigenvalue weighted by Gasteiger charge is 2.35. The van der Waals surface area contributed by atoms with Gasteiger partial charge in [0, 0.05) is 31.1 Å². The Bertz CT molecular complexity index is 1430. The monoisotopic (exact) mass is 437 g/mol. The topological polar surface area (TPSA) is 95.2 Å². The fraction of sp³-hybridized carbons (Fsp3) is 0.200. The first-order chi connectivity index (χ1) is 16.2. The number of hydrogen-bond acceptors (Lipinski definition) is 6. The molecule has 0 bridgehead atoms. The van der Waals surface area contributed by atoms with Gasteiger partial charge in [-0.1, -0.05) is 36.4 Å². The summed E-state index contributed by atoms with van der Waals surface area (Å²) in [6.07, 6.45) is 5.37. The van der Waals surface area contributed by atoms with Crippen LogP contribution < -0.4 is 4.90 Å². The Kier molecular flexibility index (Phi) is 4.66. The third-order valence-electron chi connectivity index (χ3n) is 6.25. The standard InChI is InChI=1S/C25H23N7O/c1-16-6-5-12-32-21(16)14-20(30-32)23-22-18(27-15-28-22)10-13-31(23)25-26-11-9-19(29-25)24(33)17-7-3-2-4-8-17/h2-9,11-12,14-15,23-24,33H,10,13H2,1H3,(H,27,28)/t23-,24-/m1/s1. The summed E-state index contributed by atoms with van der Waals surface area (Å²) in [5.74, 6) is 0.551. The van der Waals surface area contributed by atoms with Gasteiger partial charge in [0.1, 0.15) is 12.1 Å². The van der Waals surface area contributed by atoms with Crippen molar-refractivity contribution >= 4 is 11.5 Å². The molecular formula is C25H23N7O. The van der Waals surface area contributed by atoms with Crippen LogP contribution in [-0.4, -0.2) is 41.2 Å². The first kappa shape index (κ1) is 19.6. The molecule has 1 aliphatic heterocycles. The molecule has 0 amide bonds. The molecule has 1 aliphatic rings. The van der Waals surface area contributed by atoms with Crippen molar-refractivity contribution in [3.05, 3.63) is 107 Å². The van der Waals surface area contributed by atoms with Crippen LogP contribution >= 0.6 is 0 Å². The van der Waals surface area contributed by atoms with E-state index in [1.807, 2.05) is 47.1 Å². The first-order valence-corrected chi connectivity index (χ1v) is 11.0. The smallest absolute Gasteiger partial charge is 0.226 e. The van der Waals surface area contributed by atoms with E-state index in [1.54, 1.807) is 18.6 Å². The summed E-state index contributed by atoms with van der Waals surface area (Å²) >= 11 is 0. The number of aryl methyl sites for hydroxylation is 1. The molecule has 164 valence electrons. The predicted octanol–water partition coefficient (Wildman–Crippen LogP) is 3.39. The van der Waals surface area contributed by atoms with Crippen molar-refractivity contribution < 1.29 is 5.11 Å². The minimum atomic E-state index is -0.824. The fourth-order valence-electron chi connectivity index (χ4n) is 4.56. The Balaban J connectivity index is 1.44. The zero-order chi connectivity index (χ0) is 22.4. The molecule has 4 aromatic heterocycles. The van der Waals surface area contributed by atoms with Crippen LogP contribution in [0.3, 0.4) is 0 Å². The molecule has 0 spiro atoms. The van der Waals surface area contributed by atoms with Crippen LogP contribution in [0.15, 0.2) is 73.3 Å². The lowest BCUT2D eigenvalue weighted by atomic mass is 10.00. The van der Waals surface area contributed by atoms with Crippen molar-refractivity contribution in [3.8, 4) is 0 Å². The van der Waals surface area contributed by atoms with Gasteiger partial charge in [0.2, 0.25) is 5.95 Å². The number of rotatable bonds is 4. The summed E-state index contributed by atoms with van der Waals surface area (Å²) in [4.78, 5) is 19.4. The second-order valence-corrected chi connectivity index (χ2v) is 8.30. The van der Waals surface area contributed by atoms with E-state index < -0.39 is 6.10 Å². The van der Waals surface area contributed by atoms with E-state index in [0.29, 0.717) is 18.2 Å². The van der Waals surface area contributed by atoms with Crippen LogP contribution in [0.5, 0.6) is 0 Å². The molecule has 6 rings (SSSR count). The number of H-pyrrole nitrogens is 1. The Hall–Kier alpha value is -4.04. The number of aliphatic hydroxyl groups excluding tert-OH is 1. The number of aromatic nitrogens is 6. The summed E-state index contributed by atoms with van der Waals surface area (Å²) in [5.41, 5.74) is 6.49. The third-order valence-corrected chi connectivity index (χ3v) is 6.25. The molecular weight excluding hydrogens is 414 g/mol. The summed E-state index contributed by atoms with van der Waals surface area (Å²) in [5, 5.41) is 15.8. The highest BCUT2D eigenvalue weighted by molar-refractivity contribution is 5.57. The molecule has 5 aromatic rings. The third kappa shape index (κ3) is 3.35. The lowest BCUT2D eigenvalue weighted by Crippen LogP contribution is -2.38. The van der Waals surface area contributed by atoms with Crippen molar-refractivity contribution in [2.45, 2.75) is 25.5 Å². The Morgan fingerprint density at radius 1 is 1.09 bits per heavy atom. The van der Waals surface area contributed by atoms with Gasteiger partial charge >= 0.3 is 0 Å². The van der Waals surface area contributed by atoms with Gasteiger partial charge in [-0.3, -0.25) is 0 Å². The van der Waals surface area contributed by atoms with Crippen molar-refractivity contribution in [2.24, 2.45) is 0 Å². The maximum atomic E-state index is 10.9. The van der Waals surface area contributed by atoms with Crippen molar-refractivity contribution in [3.63, 3.8) is 0 Å². The maximum absolute atomic E-state index is 10.9. The summed E-state index contributed by atoms with van der Waals surface area (Å²) in [6.45, 7) is 2.79. The van der Waals surface area contributed by atoms with Gasteiger partial charge in [-0.2, -0.15) is 5.10 Å². The zero-order valence-electron chi connectivity index (χ0n) is 18.1. The molecule has 0 unspecified atom stereocenters. The molecule has 0 radical (unpaired) electrons. The van der Waals surface area contributed by atoms with Gasteiger partial charge in [0.05, 0.1) is 28.9 Å². The van der Waals surface area contributed by atoms with E-state index in [9.17, 15) is 5.11 Å². The number of anilines is 1. The van der Waals surface area contributed by atoms with Crippen LogP contribution in [-0.2, 0) is 6.42 Å². The Morgan fingerprint density at radius 2 is 1.97 bits per heavy atom. The van der Waals surface area contributed by atoms with Gasteiger partial charge < -0.3 is 15.0 Å². The van der Waals surface area contributed by atoms with E-state index in [1.165, 1.54) is 0 Å². The molecule has 33 heavy (non-hydrogen) atoms. The number of nitrogens with zero attached hydrogens (tertiary/aromatic N) is 6. The van der Waals surface area contributed by atoms with Gasteiger partial charge in [-0.15, -0.1) is 0 Å². The molecule has 0 saturated carbocycles. The van der Waals surface area contributed by atoms with E-state index in [-0.39, 0.29) is 6.04 Å². The number of benzene rings is 1. The first-order valence-electron chi connectivity index (χ1n) is 11.0. The number of hydrogen-bond donors (Lipinski definition) is 2. The maximum Gasteiger partial charge on any atom is 0.226 e. The minimum absolute atomic E-state index is 0.233. The number of pyridine rings is 1. The number of aromatic amines is 1. The van der Waals surface area contributed by atoms with Crippen LogP contribution in [0.25, 0.3) is 5.52 Å². The lowest BCUT2D eigenvalue weighted by Gasteiger charge is -2.34. The normalized spacial score (nSPS) is 16.7. The molecule has 0 fully saturated rings. The number of nitrogens with one attached hydrogen (secondary N) is 1. The van der Waals surface area contributed by atoms with Crippen molar-refractivity contribution in [2.75, 3.05) is 11.4 Å². The Morgan fingerprint density at radius 3 is 2.82 bits per heavy atom. The molecule has 0 aliphatic carbocycles. The fourth-order valence-corrected chi connectivity index (χ4v) is 4.56. The van der Waals surface area contributed by atoms with Gasteiger partial charge in [-0.05, 0) is 36.2 Å². The van der Waals surface area contributed by atoms with Gasteiger partial charge in [0.15, 0.2) is 0 Å². The zero-order valence-corrected chi connectivity index (χ0v) is 18.1. The van der Waals surface area contributed by atoms with E-state index >= 15 is 0 Å². The van der Waals surface area contributed by atoms with Crippen LogP contribution in [0.4, 0.5) is 5.95 Å². The average Bonchev–Trinajstić information content (AvgIpc) is 3.51. The number of fused-ring (bicyclic) bond motifs is 2. The van der Waals surface area contributed by atoms with E-state index in [2.05, 4.69) is 38.9 Å². The van der Waals surface area contributed by atoms with Crippen molar-refractivity contribution in [1.29, 1.82) is 0 Å². The second kappa shape index (κ2) is 7.83. The van der Waals surface area contributed by atoms with Gasteiger partial charge in [-0.25, -0.2) is 19.5 Å². The average molecular weight is 438 g/mol. The highest BCUT2D eigenvalue weighted by Crippen LogP contribution is 2.36. The summed E-state index contributed by atoms with van der Waals surface area (Å²) in [7, 11) is 0. The van der Waals surface area contributed by atoms with Crippen LogP contribution in [0.2, 0.25) is 0 Å². The lowest BCUT2D eigenvalue weighted by molar-refractivity contribution is 0.215. The van der Waals surface area contributed by atoms with Crippen molar-refractivity contribution in [1.82, 2.24) is 29.5 Å². The largest absolute Gasteiger partial charge is 0.382 e. The van der Waals surface area contributed by atoms with Crippen LogP contribution in [0.1, 0.15) is 46.0 Å². The summed E-state index contributed by atoms with van der Waals surface area (Å²) in [6, 6.07) is 17.2. The second-order valence-electron chi connectivity index (χ2n) is 8.30. The Labute approximate surface area is 190 Å². The van der Waals surface area contributed by atoms with Crippen LogP contribution in [0, 0.1) is 6.92 Å². The quantitative estimate of drug-likeness (QED) is 0.448. The number of imidazole rings is 1. The SMILES string of the molecule is Cc1cccn2nc([C@@H]3c4nc[nH]c4CCN3c3nccc([C@H](O)c4ccccc4)n3)cc12. The molecule has 2 atom stereocenters. The number of aliphatic hydroxyl groups is 1. The molecule has 1 aromatic carbocycles. The molecule has 2 N–H and O–H groups in total. The predicted molar refractivity (Wildman–Crippen MR) is 124 cm³/mol. The van der Waals surface area contributed by atoms with E-state index in [4.69, 9.17) is 10.1 Å². The molecule has 8 nitrogen and oxygen atoms in total.